The second-order valence-electron chi connectivity index (χ2n) is 7.50. The van der Waals surface area contributed by atoms with Gasteiger partial charge in [-0.05, 0) is 38.0 Å². The van der Waals surface area contributed by atoms with Crippen molar-refractivity contribution in [3.05, 3.63) is 34.8 Å². The van der Waals surface area contributed by atoms with Crippen molar-refractivity contribution >= 4 is 22.4 Å². The third-order valence-corrected chi connectivity index (χ3v) is 6.76. The lowest BCUT2D eigenvalue weighted by Crippen LogP contribution is -2.48. The number of hydrogen-bond donors (Lipinski definition) is 0. The van der Waals surface area contributed by atoms with Gasteiger partial charge in [-0.3, -0.25) is 4.79 Å². The zero-order valence-electron chi connectivity index (χ0n) is 16.5. The molecule has 7 heteroatoms. The predicted molar refractivity (Wildman–Crippen MR) is 111 cm³/mol. The summed E-state index contributed by atoms with van der Waals surface area (Å²) in [5.41, 5.74) is 0.690. The molecule has 2 aromatic rings. The molecule has 2 aliphatic rings. The van der Waals surface area contributed by atoms with E-state index in [4.69, 9.17) is 4.74 Å². The molecular weight excluding hydrogens is 372 g/mol. The fraction of sp³-hybridized carbons (Fsp3) is 0.571. The average molecular weight is 401 g/mol. The van der Waals surface area contributed by atoms with E-state index in [0.717, 1.165) is 24.0 Å². The monoisotopic (exact) mass is 400 g/mol. The van der Waals surface area contributed by atoms with Gasteiger partial charge in [0.05, 0.1) is 6.61 Å². The van der Waals surface area contributed by atoms with Crippen LogP contribution < -0.4 is 9.64 Å². The molecule has 2 fully saturated rings. The molecule has 1 aromatic heterocycles. The van der Waals surface area contributed by atoms with Crippen molar-refractivity contribution in [2.45, 2.75) is 44.9 Å². The fourth-order valence-electron chi connectivity index (χ4n) is 4.04. The Kier molecular flexibility index (Phi) is 6.10. The summed E-state index contributed by atoms with van der Waals surface area (Å²) in [6.45, 7) is 5.56. The second-order valence-corrected chi connectivity index (χ2v) is 8.49. The third-order valence-electron chi connectivity index (χ3n) is 5.61. The summed E-state index contributed by atoms with van der Waals surface area (Å²) >= 11 is 1.74. The lowest BCUT2D eigenvalue weighted by molar-refractivity contribution is 0.0746. The van der Waals surface area contributed by atoms with Crippen LogP contribution in [0.3, 0.4) is 0 Å². The maximum Gasteiger partial charge on any atom is 0.254 e. The van der Waals surface area contributed by atoms with Crippen LogP contribution in [0.25, 0.3) is 0 Å². The SMILES string of the molecule is CCOc1cccc(C(=O)N2CCN(c3nnc(C4CCCCC4)s3)CC2)c1. The minimum Gasteiger partial charge on any atom is -0.494 e. The Morgan fingerprint density at radius 1 is 1.14 bits per heavy atom. The number of nitrogens with zero attached hydrogens (tertiary/aromatic N) is 4. The van der Waals surface area contributed by atoms with Gasteiger partial charge >= 0.3 is 0 Å². The zero-order chi connectivity index (χ0) is 19.3. The Labute approximate surface area is 170 Å². The van der Waals surface area contributed by atoms with E-state index < -0.39 is 0 Å². The van der Waals surface area contributed by atoms with Gasteiger partial charge in [0.15, 0.2) is 0 Å². The lowest BCUT2D eigenvalue weighted by Gasteiger charge is -2.34. The molecule has 1 saturated heterocycles. The van der Waals surface area contributed by atoms with Crippen molar-refractivity contribution in [3.8, 4) is 5.75 Å². The Hall–Kier alpha value is -2.15. The number of carbonyl (C=O) groups excluding carboxylic acids is 1. The van der Waals surface area contributed by atoms with Gasteiger partial charge in [0.1, 0.15) is 10.8 Å². The number of hydrogen-bond acceptors (Lipinski definition) is 6. The molecule has 1 aromatic carbocycles. The Morgan fingerprint density at radius 3 is 2.68 bits per heavy atom. The summed E-state index contributed by atoms with van der Waals surface area (Å²) in [6.07, 6.45) is 6.47. The molecule has 1 saturated carbocycles. The number of aromatic nitrogens is 2. The number of carbonyl (C=O) groups is 1. The Balaban J connectivity index is 1.35. The first-order valence-corrected chi connectivity index (χ1v) is 11.2. The van der Waals surface area contributed by atoms with E-state index in [0.29, 0.717) is 31.2 Å². The molecule has 4 rings (SSSR count). The third kappa shape index (κ3) is 4.29. The average Bonchev–Trinajstić information content (AvgIpc) is 3.25. The molecule has 0 unspecified atom stereocenters. The summed E-state index contributed by atoms with van der Waals surface area (Å²) < 4.78 is 5.52. The molecule has 0 radical (unpaired) electrons. The number of piperazine rings is 1. The largest absolute Gasteiger partial charge is 0.494 e. The van der Waals surface area contributed by atoms with E-state index >= 15 is 0 Å². The Morgan fingerprint density at radius 2 is 1.93 bits per heavy atom. The van der Waals surface area contributed by atoms with Crippen molar-refractivity contribution in [2.24, 2.45) is 0 Å². The molecule has 0 N–H and O–H groups in total. The molecule has 0 atom stereocenters. The number of rotatable bonds is 5. The summed E-state index contributed by atoms with van der Waals surface area (Å²) in [5.74, 6) is 1.41. The standard InChI is InChI=1S/C21H28N4O2S/c1-2-27-18-10-6-9-17(15-18)20(26)24-11-13-25(14-12-24)21-23-22-19(28-21)16-7-4-3-5-8-16/h6,9-10,15-16H,2-5,7-8,11-14H2,1H3. The highest BCUT2D eigenvalue weighted by Crippen LogP contribution is 2.36. The van der Waals surface area contributed by atoms with Gasteiger partial charge in [0, 0.05) is 37.7 Å². The fourth-order valence-corrected chi connectivity index (χ4v) is 5.10. The van der Waals surface area contributed by atoms with Crippen molar-refractivity contribution in [3.63, 3.8) is 0 Å². The molecule has 0 bridgehead atoms. The van der Waals surface area contributed by atoms with Crippen molar-refractivity contribution < 1.29 is 9.53 Å². The van der Waals surface area contributed by atoms with Gasteiger partial charge in [-0.2, -0.15) is 0 Å². The first-order chi connectivity index (χ1) is 13.7. The quantitative estimate of drug-likeness (QED) is 0.761. The van der Waals surface area contributed by atoms with Crippen LogP contribution in [0.15, 0.2) is 24.3 Å². The molecule has 1 amide bonds. The van der Waals surface area contributed by atoms with Crippen molar-refractivity contribution in [2.75, 3.05) is 37.7 Å². The minimum atomic E-state index is 0.0707. The van der Waals surface area contributed by atoms with Gasteiger partial charge in [0.2, 0.25) is 5.13 Å². The molecule has 2 heterocycles. The highest BCUT2D eigenvalue weighted by Gasteiger charge is 2.26. The van der Waals surface area contributed by atoms with E-state index in [2.05, 4.69) is 15.1 Å². The number of ether oxygens (including phenoxy) is 1. The number of benzene rings is 1. The van der Waals surface area contributed by atoms with Crippen LogP contribution in [0.1, 0.15) is 60.3 Å². The molecule has 6 nitrogen and oxygen atoms in total. The van der Waals surface area contributed by atoms with Gasteiger partial charge in [-0.1, -0.05) is 36.7 Å². The van der Waals surface area contributed by atoms with Crippen LogP contribution in [0.5, 0.6) is 5.75 Å². The summed E-state index contributed by atoms with van der Waals surface area (Å²) in [7, 11) is 0. The Bertz CT molecular complexity index is 795. The van der Waals surface area contributed by atoms with E-state index in [9.17, 15) is 4.79 Å². The second kappa shape index (κ2) is 8.90. The van der Waals surface area contributed by atoms with Gasteiger partial charge in [-0.25, -0.2) is 0 Å². The van der Waals surface area contributed by atoms with Crippen molar-refractivity contribution in [1.82, 2.24) is 15.1 Å². The maximum atomic E-state index is 12.8. The topological polar surface area (TPSA) is 58.6 Å². The molecule has 1 aliphatic carbocycles. The van der Waals surface area contributed by atoms with Gasteiger partial charge < -0.3 is 14.5 Å². The smallest absolute Gasteiger partial charge is 0.254 e. The molecular formula is C21H28N4O2S. The predicted octanol–water partition coefficient (Wildman–Crippen LogP) is 3.95. The summed E-state index contributed by atoms with van der Waals surface area (Å²) in [6, 6.07) is 7.46. The van der Waals surface area contributed by atoms with Gasteiger partial charge in [0.25, 0.3) is 5.91 Å². The normalized spacial score (nSPS) is 18.3. The van der Waals surface area contributed by atoms with E-state index in [1.807, 2.05) is 36.1 Å². The first kappa shape index (κ1) is 19.2. The van der Waals surface area contributed by atoms with Gasteiger partial charge in [-0.15, -0.1) is 10.2 Å². The van der Waals surface area contributed by atoms with Crippen LogP contribution >= 0.6 is 11.3 Å². The number of amides is 1. The van der Waals surface area contributed by atoms with Crippen LogP contribution in [0.4, 0.5) is 5.13 Å². The molecule has 150 valence electrons. The highest BCUT2D eigenvalue weighted by molar-refractivity contribution is 7.15. The van der Waals surface area contributed by atoms with E-state index in [1.54, 1.807) is 11.3 Å². The van der Waals surface area contributed by atoms with Crippen molar-refractivity contribution in [1.29, 1.82) is 0 Å². The molecule has 1 aliphatic heterocycles. The molecule has 28 heavy (non-hydrogen) atoms. The zero-order valence-corrected chi connectivity index (χ0v) is 17.3. The van der Waals surface area contributed by atoms with Crippen LogP contribution in [-0.2, 0) is 0 Å². The van der Waals surface area contributed by atoms with Crippen LogP contribution in [-0.4, -0.2) is 53.8 Å². The van der Waals surface area contributed by atoms with E-state index in [1.165, 1.54) is 37.1 Å². The molecule has 0 spiro atoms. The summed E-state index contributed by atoms with van der Waals surface area (Å²) in [4.78, 5) is 17.0. The van der Waals surface area contributed by atoms with Crippen LogP contribution in [0, 0.1) is 0 Å². The first-order valence-electron chi connectivity index (χ1n) is 10.3. The maximum absolute atomic E-state index is 12.8. The minimum absolute atomic E-state index is 0.0707. The summed E-state index contributed by atoms with van der Waals surface area (Å²) in [5, 5.41) is 11.1. The van der Waals surface area contributed by atoms with Crippen LogP contribution in [0.2, 0.25) is 0 Å². The van der Waals surface area contributed by atoms with E-state index in [-0.39, 0.29) is 5.91 Å². The number of anilines is 1. The highest BCUT2D eigenvalue weighted by atomic mass is 32.1. The lowest BCUT2D eigenvalue weighted by atomic mass is 9.90.